The summed E-state index contributed by atoms with van der Waals surface area (Å²) in [4.78, 5) is 17.1. The van der Waals surface area contributed by atoms with Crippen molar-refractivity contribution in [3.63, 3.8) is 0 Å². The second-order valence-electron chi connectivity index (χ2n) is 4.22. The summed E-state index contributed by atoms with van der Waals surface area (Å²) in [5, 5.41) is 10.8. The van der Waals surface area contributed by atoms with Crippen LogP contribution in [0.25, 0.3) is 0 Å². The molecule has 108 valence electrons. The average molecular weight is 288 g/mol. The fraction of sp³-hybridized carbons (Fsp3) is 0.667. The summed E-state index contributed by atoms with van der Waals surface area (Å²) in [6.45, 7) is 4.63. The minimum atomic E-state index is -0.982. The Kier molecular flexibility index (Phi) is 6.93. The highest BCUT2D eigenvalue weighted by Crippen LogP contribution is 2.13. The van der Waals surface area contributed by atoms with Crippen LogP contribution in [0.4, 0.5) is 0 Å². The number of methoxy groups -OCH3 is 2. The molecule has 0 fully saturated rings. The Morgan fingerprint density at radius 1 is 1.53 bits per heavy atom. The van der Waals surface area contributed by atoms with Crippen LogP contribution in [0.1, 0.15) is 22.4 Å². The van der Waals surface area contributed by atoms with E-state index in [1.165, 1.54) is 0 Å². The maximum atomic E-state index is 10.8. The summed E-state index contributed by atoms with van der Waals surface area (Å²) in [5.74, 6) is -0.982. The van der Waals surface area contributed by atoms with Crippen LogP contribution >= 0.6 is 11.3 Å². The van der Waals surface area contributed by atoms with Gasteiger partial charge in [0.15, 0.2) is 0 Å². The van der Waals surface area contributed by atoms with Crippen molar-refractivity contribution in [2.24, 2.45) is 0 Å². The lowest BCUT2D eigenvalue weighted by atomic mass is 10.2. The van der Waals surface area contributed by atoms with E-state index in [1.54, 1.807) is 19.6 Å². The van der Waals surface area contributed by atoms with Crippen molar-refractivity contribution in [1.29, 1.82) is 0 Å². The SMILES string of the molecule is COCCN(Cc1csc(C(=O)O)n1)C(C)COC. The quantitative estimate of drug-likeness (QED) is 0.739. The molecule has 19 heavy (non-hydrogen) atoms. The van der Waals surface area contributed by atoms with Gasteiger partial charge in [0.2, 0.25) is 5.01 Å². The number of thiazole rings is 1. The number of aromatic carboxylic acids is 1. The van der Waals surface area contributed by atoms with E-state index in [1.807, 2.05) is 0 Å². The second kappa shape index (κ2) is 8.21. The standard InChI is InChI=1S/C12H20N2O4S/c1-9(7-18-3)14(4-5-17-2)6-10-8-19-11(13-10)12(15)16/h8-9H,4-7H2,1-3H3,(H,15,16). The fourth-order valence-corrected chi connectivity index (χ4v) is 2.34. The molecule has 1 heterocycles. The topological polar surface area (TPSA) is 71.9 Å². The van der Waals surface area contributed by atoms with Crippen molar-refractivity contribution in [1.82, 2.24) is 9.88 Å². The molecule has 0 radical (unpaired) electrons. The number of aromatic nitrogens is 1. The number of hydrogen-bond acceptors (Lipinski definition) is 6. The maximum Gasteiger partial charge on any atom is 0.365 e. The number of nitrogens with zero attached hydrogens (tertiary/aromatic N) is 2. The third-order valence-electron chi connectivity index (χ3n) is 2.71. The number of carbonyl (C=O) groups is 1. The fourth-order valence-electron chi connectivity index (χ4n) is 1.70. The van der Waals surface area contributed by atoms with Gasteiger partial charge in [0, 0.05) is 38.7 Å². The number of ether oxygens (including phenoxy) is 2. The highest BCUT2D eigenvalue weighted by molar-refractivity contribution is 7.11. The van der Waals surface area contributed by atoms with Gasteiger partial charge in [-0.3, -0.25) is 4.90 Å². The van der Waals surface area contributed by atoms with E-state index in [9.17, 15) is 4.79 Å². The molecule has 1 aromatic rings. The van der Waals surface area contributed by atoms with Gasteiger partial charge >= 0.3 is 5.97 Å². The molecule has 0 aliphatic rings. The van der Waals surface area contributed by atoms with Gasteiger partial charge in [0.25, 0.3) is 0 Å². The van der Waals surface area contributed by atoms with Gasteiger partial charge in [-0.2, -0.15) is 0 Å². The highest BCUT2D eigenvalue weighted by Gasteiger charge is 2.16. The number of hydrogen-bond donors (Lipinski definition) is 1. The van der Waals surface area contributed by atoms with Crippen molar-refractivity contribution in [2.75, 3.05) is 34.0 Å². The van der Waals surface area contributed by atoms with E-state index in [4.69, 9.17) is 14.6 Å². The van der Waals surface area contributed by atoms with Crippen LogP contribution in [-0.2, 0) is 16.0 Å². The molecule has 0 aliphatic heterocycles. The van der Waals surface area contributed by atoms with Crippen molar-refractivity contribution in [2.45, 2.75) is 19.5 Å². The normalized spacial score (nSPS) is 12.8. The lowest BCUT2D eigenvalue weighted by molar-refractivity contribution is 0.0681. The number of carboxylic acids is 1. The minimum absolute atomic E-state index is 0.126. The van der Waals surface area contributed by atoms with Crippen LogP contribution in [0.15, 0.2) is 5.38 Å². The highest BCUT2D eigenvalue weighted by atomic mass is 32.1. The lowest BCUT2D eigenvalue weighted by Gasteiger charge is -2.27. The molecule has 0 aromatic carbocycles. The molecular formula is C12H20N2O4S. The van der Waals surface area contributed by atoms with Crippen molar-refractivity contribution in [3.8, 4) is 0 Å². The first kappa shape index (κ1) is 16.0. The predicted octanol–water partition coefficient (Wildman–Crippen LogP) is 1.32. The lowest BCUT2D eigenvalue weighted by Crippen LogP contribution is -2.38. The largest absolute Gasteiger partial charge is 0.476 e. The van der Waals surface area contributed by atoms with Crippen LogP contribution < -0.4 is 0 Å². The third-order valence-corrected chi connectivity index (χ3v) is 3.59. The van der Waals surface area contributed by atoms with E-state index in [2.05, 4.69) is 16.8 Å². The van der Waals surface area contributed by atoms with Crippen LogP contribution in [0.3, 0.4) is 0 Å². The molecule has 0 saturated heterocycles. The van der Waals surface area contributed by atoms with Gasteiger partial charge in [-0.1, -0.05) is 0 Å². The van der Waals surface area contributed by atoms with Crippen molar-refractivity contribution >= 4 is 17.3 Å². The maximum absolute atomic E-state index is 10.8. The molecule has 1 unspecified atom stereocenters. The summed E-state index contributed by atoms with van der Waals surface area (Å²) in [5.41, 5.74) is 0.765. The minimum Gasteiger partial charge on any atom is -0.476 e. The second-order valence-corrected chi connectivity index (χ2v) is 5.07. The van der Waals surface area contributed by atoms with Gasteiger partial charge in [-0.05, 0) is 6.92 Å². The molecule has 0 bridgehead atoms. The number of carboxylic acid groups (broad SMARTS) is 1. The Morgan fingerprint density at radius 3 is 2.79 bits per heavy atom. The predicted molar refractivity (Wildman–Crippen MR) is 72.7 cm³/mol. The third kappa shape index (κ3) is 5.23. The molecule has 6 nitrogen and oxygen atoms in total. The molecule has 1 aromatic heterocycles. The van der Waals surface area contributed by atoms with Crippen molar-refractivity contribution < 1.29 is 19.4 Å². The number of rotatable bonds is 9. The van der Waals surface area contributed by atoms with Crippen molar-refractivity contribution in [3.05, 3.63) is 16.1 Å². The molecule has 0 spiro atoms. The van der Waals surface area contributed by atoms with Crippen LogP contribution in [0.2, 0.25) is 0 Å². The Morgan fingerprint density at radius 2 is 2.26 bits per heavy atom. The Balaban J connectivity index is 2.66. The van der Waals surface area contributed by atoms with E-state index >= 15 is 0 Å². The van der Waals surface area contributed by atoms with Crippen LogP contribution in [0, 0.1) is 0 Å². The molecule has 0 amide bonds. The molecule has 1 rings (SSSR count). The first-order chi connectivity index (χ1) is 9.08. The molecular weight excluding hydrogens is 268 g/mol. The Bertz CT molecular complexity index is 397. The summed E-state index contributed by atoms with van der Waals surface area (Å²) in [6.07, 6.45) is 0. The van der Waals surface area contributed by atoms with Gasteiger partial charge in [0.1, 0.15) is 0 Å². The smallest absolute Gasteiger partial charge is 0.365 e. The summed E-state index contributed by atoms with van der Waals surface area (Å²) in [7, 11) is 3.32. The van der Waals surface area contributed by atoms with Crippen LogP contribution in [-0.4, -0.2) is 61.0 Å². The molecule has 7 heteroatoms. The van der Waals surface area contributed by atoms with Crippen LogP contribution in [0.5, 0.6) is 0 Å². The average Bonchev–Trinajstić information content (AvgIpc) is 2.83. The summed E-state index contributed by atoms with van der Waals surface area (Å²) < 4.78 is 10.2. The Hall–Kier alpha value is -1.02. The van der Waals surface area contributed by atoms with Gasteiger partial charge in [-0.25, -0.2) is 9.78 Å². The summed E-state index contributed by atoms with van der Waals surface area (Å²) in [6, 6.07) is 0.218. The van der Waals surface area contributed by atoms with Gasteiger partial charge in [-0.15, -0.1) is 11.3 Å². The first-order valence-electron chi connectivity index (χ1n) is 5.98. The van der Waals surface area contributed by atoms with Gasteiger partial charge in [0.05, 0.1) is 18.9 Å². The van der Waals surface area contributed by atoms with E-state index in [-0.39, 0.29) is 11.0 Å². The molecule has 1 atom stereocenters. The van der Waals surface area contributed by atoms with Gasteiger partial charge < -0.3 is 14.6 Å². The van der Waals surface area contributed by atoms with E-state index in [0.717, 1.165) is 23.6 Å². The molecule has 0 aliphatic carbocycles. The van der Waals surface area contributed by atoms with E-state index in [0.29, 0.717) is 19.8 Å². The summed E-state index contributed by atoms with van der Waals surface area (Å²) >= 11 is 1.15. The molecule has 1 N–H and O–H groups in total. The van der Waals surface area contributed by atoms with E-state index < -0.39 is 5.97 Å². The monoisotopic (exact) mass is 288 g/mol. The zero-order valence-electron chi connectivity index (χ0n) is 11.5. The first-order valence-corrected chi connectivity index (χ1v) is 6.86. The Labute approximate surface area is 117 Å². The molecule has 0 saturated carbocycles. The zero-order chi connectivity index (χ0) is 14.3. The zero-order valence-corrected chi connectivity index (χ0v) is 12.3.